The van der Waals surface area contributed by atoms with E-state index in [1.165, 1.54) is 28.5 Å². The highest BCUT2D eigenvalue weighted by atomic mass is 16.4. The average Bonchev–Trinajstić information content (AvgIpc) is 3.01. The largest absolute Gasteiger partial charge is 0.479 e. The molecule has 2 aromatic rings. The lowest BCUT2D eigenvalue weighted by atomic mass is 9.91. The summed E-state index contributed by atoms with van der Waals surface area (Å²) in [6, 6.07) is 6.57. The fourth-order valence-electron chi connectivity index (χ4n) is 3.93. The Morgan fingerprint density at radius 2 is 1.83 bits per heavy atom. The lowest BCUT2D eigenvalue weighted by molar-refractivity contribution is -0.160. The maximum atomic E-state index is 11.2. The van der Waals surface area contributed by atoms with Crippen molar-refractivity contribution in [3.8, 4) is 0 Å². The van der Waals surface area contributed by atoms with E-state index in [1.54, 1.807) is 0 Å². The number of benzene rings is 1. The van der Waals surface area contributed by atoms with Crippen molar-refractivity contribution in [3.63, 3.8) is 0 Å². The molecule has 0 bridgehead atoms. The molecule has 0 saturated carbocycles. The van der Waals surface area contributed by atoms with Gasteiger partial charge in [-0.25, -0.2) is 9.78 Å². The number of anilines is 1. The van der Waals surface area contributed by atoms with Gasteiger partial charge in [0.1, 0.15) is 5.82 Å². The van der Waals surface area contributed by atoms with E-state index in [1.807, 2.05) is 0 Å². The number of aromatic nitrogens is 1. The number of carboxylic acids is 1. The van der Waals surface area contributed by atoms with Crippen LogP contribution in [0.5, 0.6) is 0 Å². The molecule has 0 radical (unpaired) electrons. The van der Waals surface area contributed by atoms with E-state index in [2.05, 4.69) is 30.0 Å². The van der Waals surface area contributed by atoms with E-state index < -0.39 is 11.6 Å². The van der Waals surface area contributed by atoms with Gasteiger partial charge in [0.05, 0.1) is 5.52 Å². The van der Waals surface area contributed by atoms with Crippen molar-refractivity contribution in [1.82, 2.24) is 4.98 Å². The molecule has 4 rings (SSSR count). The number of carboxylic acid groups (broad SMARTS) is 1. The van der Waals surface area contributed by atoms with Gasteiger partial charge in [-0.15, -0.1) is 0 Å². The molecule has 0 unspecified atom stereocenters. The minimum atomic E-state index is -1.59. The maximum Gasteiger partial charge on any atom is 0.335 e. The summed E-state index contributed by atoms with van der Waals surface area (Å²) in [6.07, 6.45) is 3.96. The zero-order chi connectivity index (χ0) is 16.9. The van der Waals surface area contributed by atoms with Crippen molar-refractivity contribution in [1.29, 1.82) is 0 Å². The van der Waals surface area contributed by atoms with Crippen LogP contribution < -0.4 is 4.90 Å². The molecule has 1 aromatic carbocycles. The Hall–Kier alpha value is -2.14. The molecule has 5 heteroatoms. The van der Waals surface area contributed by atoms with Crippen LogP contribution in [0.3, 0.4) is 0 Å². The number of aryl methyl sites for hydroxylation is 3. The van der Waals surface area contributed by atoms with E-state index in [9.17, 15) is 9.90 Å². The van der Waals surface area contributed by atoms with E-state index in [4.69, 9.17) is 10.1 Å². The zero-order valence-electron chi connectivity index (χ0n) is 13.9. The molecule has 2 heterocycles. The molecule has 126 valence electrons. The third-order valence-electron chi connectivity index (χ3n) is 5.53. The second kappa shape index (κ2) is 5.45. The predicted octanol–water partition coefficient (Wildman–Crippen LogP) is 2.45. The SMILES string of the molecule is Cc1cc(N2CCC(O)(C(=O)O)CC2)nc2cc3c(cc12)CCC3. The predicted molar refractivity (Wildman–Crippen MR) is 92.5 cm³/mol. The molecule has 1 aliphatic heterocycles. The number of pyridine rings is 1. The molecule has 2 N–H and O–H groups in total. The first-order chi connectivity index (χ1) is 11.5. The monoisotopic (exact) mass is 326 g/mol. The number of aliphatic hydroxyl groups is 1. The highest BCUT2D eigenvalue weighted by Gasteiger charge is 2.39. The lowest BCUT2D eigenvalue weighted by Gasteiger charge is -2.36. The molecule has 0 amide bonds. The standard InChI is InChI=1S/C19H22N2O3/c1-12-9-17(21-7-5-19(24,6-8-21)18(22)23)20-16-11-14-4-2-3-13(14)10-15(12)16/h9-11,24H,2-8H2,1H3,(H,22,23). The number of nitrogens with zero attached hydrogens (tertiary/aromatic N) is 2. The Balaban J connectivity index is 1.66. The maximum absolute atomic E-state index is 11.2. The number of aliphatic carboxylic acids is 1. The quantitative estimate of drug-likeness (QED) is 0.887. The summed E-state index contributed by atoms with van der Waals surface area (Å²) in [6.45, 7) is 3.11. The minimum absolute atomic E-state index is 0.227. The molecule has 1 aliphatic carbocycles. The molecule has 1 fully saturated rings. The van der Waals surface area contributed by atoms with Crippen LogP contribution in [0.1, 0.15) is 36.0 Å². The Morgan fingerprint density at radius 1 is 1.17 bits per heavy atom. The summed E-state index contributed by atoms with van der Waals surface area (Å²) < 4.78 is 0. The van der Waals surface area contributed by atoms with Gasteiger partial charge in [0, 0.05) is 31.3 Å². The van der Waals surface area contributed by atoms with Gasteiger partial charge in [-0.3, -0.25) is 0 Å². The highest BCUT2D eigenvalue weighted by Crippen LogP contribution is 2.32. The number of piperidine rings is 1. The third-order valence-corrected chi connectivity index (χ3v) is 5.53. The van der Waals surface area contributed by atoms with Crippen molar-refractivity contribution < 1.29 is 15.0 Å². The van der Waals surface area contributed by atoms with Crippen LogP contribution in [0.4, 0.5) is 5.82 Å². The molecule has 0 spiro atoms. The number of rotatable bonds is 2. The van der Waals surface area contributed by atoms with Crippen LogP contribution in [-0.4, -0.2) is 39.9 Å². The van der Waals surface area contributed by atoms with Gasteiger partial charge >= 0.3 is 5.97 Å². The van der Waals surface area contributed by atoms with Crippen LogP contribution in [-0.2, 0) is 17.6 Å². The number of hydrogen-bond donors (Lipinski definition) is 2. The first-order valence-electron chi connectivity index (χ1n) is 8.60. The summed E-state index contributed by atoms with van der Waals surface area (Å²) >= 11 is 0. The van der Waals surface area contributed by atoms with Gasteiger partial charge < -0.3 is 15.1 Å². The van der Waals surface area contributed by atoms with Crippen LogP contribution in [0, 0.1) is 6.92 Å². The molecule has 24 heavy (non-hydrogen) atoms. The van der Waals surface area contributed by atoms with Crippen molar-refractivity contribution in [2.24, 2.45) is 0 Å². The first kappa shape index (κ1) is 15.4. The Kier molecular flexibility index (Phi) is 3.49. The molecule has 5 nitrogen and oxygen atoms in total. The van der Waals surface area contributed by atoms with E-state index >= 15 is 0 Å². The van der Waals surface area contributed by atoms with Gasteiger partial charge in [-0.1, -0.05) is 0 Å². The number of carbonyl (C=O) groups is 1. The van der Waals surface area contributed by atoms with Crippen molar-refractivity contribution in [2.45, 2.75) is 44.6 Å². The van der Waals surface area contributed by atoms with Gasteiger partial charge in [0.15, 0.2) is 5.60 Å². The van der Waals surface area contributed by atoms with Crippen LogP contribution >= 0.6 is 0 Å². The minimum Gasteiger partial charge on any atom is -0.479 e. The molecule has 1 saturated heterocycles. The van der Waals surface area contributed by atoms with Crippen molar-refractivity contribution in [2.75, 3.05) is 18.0 Å². The van der Waals surface area contributed by atoms with E-state index in [-0.39, 0.29) is 12.8 Å². The molecular formula is C19H22N2O3. The molecule has 2 aliphatic rings. The van der Waals surface area contributed by atoms with E-state index in [0.29, 0.717) is 13.1 Å². The first-order valence-corrected chi connectivity index (χ1v) is 8.60. The van der Waals surface area contributed by atoms with Crippen molar-refractivity contribution >= 4 is 22.7 Å². The van der Waals surface area contributed by atoms with Gasteiger partial charge in [-0.2, -0.15) is 0 Å². The fraction of sp³-hybridized carbons (Fsp3) is 0.474. The number of fused-ring (bicyclic) bond motifs is 2. The summed E-state index contributed by atoms with van der Waals surface area (Å²) in [7, 11) is 0. The van der Waals surface area contributed by atoms with Gasteiger partial charge in [-0.05, 0) is 61.1 Å². The van der Waals surface area contributed by atoms with Crippen molar-refractivity contribution in [3.05, 3.63) is 34.9 Å². The molecule has 0 atom stereocenters. The van der Waals surface area contributed by atoms with E-state index in [0.717, 1.165) is 24.2 Å². The van der Waals surface area contributed by atoms with Gasteiger partial charge in [0.2, 0.25) is 0 Å². The smallest absolute Gasteiger partial charge is 0.335 e. The van der Waals surface area contributed by atoms with Gasteiger partial charge in [0.25, 0.3) is 0 Å². The summed E-state index contributed by atoms with van der Waals surface area (Å²) in [5, 5.41) is 20.5. The highest BCUT2D eigenvalue weighted by molar-refractivity contribution is 5.86. The fourth-order valence-corrected chi connectivity index (χ4v) is 3.93. The summed E-state index contributed by atoms with van der Waals surface area (Å²) in [5.41, 5.74) is 3.48. The average molecular weight is 326 g/mol. The Morgan fingerprint density at radius 3 is 2.50 bits per heavy atom. The summed E-state index contributed by atoms with van der Waals surface area (Å²) in [5.74, 6) is -0.245. The Labute approximate surface area is 140 Å². The van der Waals surface area contributed by atoms with Crippen LogP contribution in [0.15, 0.2) is 18.2 Å². The third kappa shape index (κ3) is 2.44. The second-order valence-electron chi connectivity index (χ2n) is 7.11. The van der Waals surface area contributed by atoms with Crippen LogP contribution in [0.25, 0.3) is 10.9 Å². The zero-order valence-corrected chi connectivity index (χ0v) is 13.9. The molecular weight excluding hydrogens is 304 g/mol. The Bertz CT molecular complexity index is 823. The molecule has 1 aromatic heterocycles. The summed E-state index contributed by atoms with van der Waals surface area (Å²) in [4.78, 5) is 18.1. The second-order valence-corrected chi connectivity index (χ2v) is 7.11. The van der Waals surface area contributed by atoms with Crippen LogP contribution in [0.2, 0.25) is 0 Å². The normalized spacial score (nSPS) is 19.5. The lowest BCUT2D eigenvalue weighted by Crippen LogP contribution is -2.49. The number of hydrogen-bond acceptors (Lipinski definition) is 4. The topological polar surface area (TPSA) is 73.7 Å².